The highest BCUT2D eigenvalue weighted by atomic mass is 35.5. The molecule has 2 aromatic heterocycles. The second-order valence-corrected chi connectivity index (χ2v) is 8.85. The first-order chi connectivity index (χ1) is 17.4. The summed E-state index contributed by atoms with van der Waals surface area (Å²) in [6, 6.07) is 20.0. The average Bonchev–Trinajstić information content (AvgIpc) is 3.36. The molecule has 5 rings (SSSR count). The first kappa shape index (κ1) is 23.5. The minimum Gasteiger partial charge on any atom is -0.398 e. The van der Waals surface area contributed by atoms with Crippen LogP contribution in [0.4, 0.5) is 14.5 Å². The van der Waals surface area contributed by atoms with Gasteiger partial charge in [-0.25, -0.2) is 13.8 Å². The number of nitrogens with two attached hydrogens (primary N) is 1. The molecule has 0 saturated carbocycles. The first-order valence-electron chi connectivity index (χ1n) is 11.2. The normalized spacial score (nSPS) is 12.0. The molecule has 1 unspecified atom stereocenters. The van der Waals surface area contributed by atoms with E-state index < -0.39 is 6.04 Å². The fourth-order valence-corrected chi connectivity index (χ4v) is 4.31. The number of hydrogen-bond acceptors (Lipinski definition) is 3. The Hall–Kier alpha value is -4.23. The third-order valence-corrected chi connectivity index (χ3v) is 6.24. The fourth-order valence-electron chi connectivity index (χ4n) is 4.14. The predicted octanol–water partition coefficient (Wildman–Crippen LogP) is 6.25. The van der Waals surface area contributed by atoms with E-state index in [1.165, 1.54) is 30.3 Å². The van der Waals surface area contributed by atoms with Crippen molar-refractivity contribution in [1.29, 1.82) is 0 Å². The van der Waals surface area contributed by atoms with Crippen molar-refractivity contribution in [2.45, 2.75) is 12.5 Å². The number of pyridine rings is 1. The lowest BCUT2D eigenvalue weighted by atomic mass is 10.0. The van der Waals surface area contributed by atoms with E-state index in [2.05, 4.69) is 4.98 Å². The van der Waals surface area contributed by atoms with Gasteiger partial charge in [0.05, 0.1) is 11.7 Å². The Morgan fingerprint density at radius 3 is 2.31 bits per heavy atom. The number of imidazole rings is 1. The Morgan fingerprint density at radius 2 is 1.61 bits per heavy atom. The molecule has 8 heteroatoms. The second kappa shape index (κ2) is 9.79. The molecule has 0 radical (unpaired) electrons. The summed E-state index contributed by atoms with van der Waals surface area (Å²) in [6.07, 6.45) is 3.79. The van der Waals surface area contributed by atoms with E-state index in [9.17, 15) is 13.6 Å². The zero-order valence-corrected chi connectivity index (χ0v) is 19.7. The van der Waals surface area contributed by atoms with Crippen LogP contribution in [0.3, 0.4) is 0 Å². The van der Waals surface area contributed by atoms with Crippen molar-refractivity contribution < 1.29 is 8.78 Å². The van der Waals surface area contributed by atoms with E-state index in [1.54, 1.807) is 65.5 Å². The molecular formula is C28H21ClF2N4O. The molecule has 180 valence electrons. The summed E-state index contributed by atoms with van der Waals surface area (Å²) in [5, 5.41) is 0.515. The number of H-pyrrole nitrogens is 1. The summed E-state index contributed by atoms with van der Waals surface area (Å²) >= 11 is 6.13. The van der Waals surface area contributed by atoms with Crippen LogP contribution >= 0.6 is 11.6 Å². The third kappa shape index (κ3) is 4.92. The van der Waals surface area contributed by atoms with Crippen molar-refractivity contribution in [2.75, 3.05) is 5.73 Å². The van der Waals surface area contributed by atoms with E-state index in [1.807, 2.05) is 0 Å². The maximum Gasteiger partial charge on any atom is 0.251 e. The number of hydrogen-bond donors (Lipinski definition) is 2. The molecule has 0 fully saturated rings. The number of halogens is 3. The molecule has 3 aromatic carbocycles. The highest BCUT2D eigenvalue weighted by Crippen LogP contribution is 2.29. The molecule has 5 aromatic rings. The fraction of sp³-hybridized carbons (Fsp3) is 0.0714. The minimum atomic E-state index is -0.511. The van der Waals surface area contributed by atoms with Crippen LogP contribution < -0.4 is 11.3 Å². The summed E-state index contributed by atoms with van der Waals surface area (Å²) in [5.74, 6) is -0.140. The summed E-state index contributed by atoms with van der Waals surface area (Å²) in [4.78, 5) is 21.2. The molecule has 1 atom stereocenters. The van der Waals surface area contributed by atoms with Crippen LogP contribution in [0.1, 0.15) is 17.4 Å². The van der Waals surface area contributed by atoms with Crippen molar-refractivity contribution >= 4 is 17.3 Å². The average molecular weight is 503 g/mol. The number of nitrogens with one attached hydrogen (secondary N) is 1. The number of anilines is 1. The van der Waals surface area contributed by atoms with Gasteiger partial charge in [0.1, 0.15) is 17.5 Å². The topological polar surface area (TPSA) is 76.7 Å². The Balaban J connectivity index is 1.56. The number of aromatic nitrogens is 3. The van der Waals surface area contributed by atoms with Gasteiger partial charge in [-0.1, -0.05) is 23.7 Å². The Kier molecular flexibility index (Phi) is 6.40. The predicted molar refractivity (Wildman–Crippen MR) is 138 cm³/mol. The van der Waals surface area contributed by atoms with Gasteiger partial charge in [-0.3, -0.25) is 4.79 Å². The number of nitrogens with zero attached hydrogens (tertiary/aromatic N) is 2. The Morgan fingerprint density at radius 1 is 0.917 bits per heavy atom. The van der Waals surface area contributed by atoms with Crippen LogP contribution in [0, 0.1) is 11.6 Å². The smallest absolute Gasteiger partial charge is 0.251 e. The van der Waals surface area contributed by atoms with Crippen LogP contribution in [-0.4, -0.2) is 14.5 Å². The molecule has 0 bridgehead atoms. The molecule has 0 aliphatic rings. The highest BCUT2D eigenvalue weighted by molar-refractivity contribution is 6.31. The lowest BCUT2D eigenvalue weighted by Crippen LogP contribution is -2.27. The molecule has 36 heavy (non-hydrogen) atoms. The summed E-state index contributed by atoms with van der Waals surface area (Å²) in [5.41, 5.74) is 9.84. The van der Waals surface area contributed by atoms with Gasteiger partial charge in [0.15, 0.2) is 0 Å². The lowest BCUT2D eigenvalue weighted by Gasteiger charge is -2.19. The van der Waals surface area contributed by atoms with E-state index in [4.69, 9.17) is 22.3 Å². The molecule has 2 heterocycles. The molecule has 0 aliphatic carbocycles. The van der Waals surface area contributed by atoms with Crippen molar-refractivity contribution in [3.05, 3.63) is 130 Å². The zero-order chi connectivity index (χ0) is 25.2. The largest absolute Gasteiger partial charge is 0.398 e. The molecule has 3 N–H and O–H groups in total. The minimum absolute atomic E-state index is 0.265. The summed E-state index contributed by atoms with van der Waals surface area (Å²) < 4.78 is 28.4. The second-order valence-electron chi connectivity index (χ2n) is 8.42. The van der Waals surface area contributed by atoms with Crippen molar-refractivity contribution in [2.24, 2.45) is 0 Å². The van der Waals surface area contributed by atoms with E-state index >= 15 is 0 Å². The van der Waals surface area contributed by atoms with Gasteiger partial charge in [0, 0.05) is 46.7 Å². The van der Waals surface area contributed by atoms with Crippen LogP contribution in [0.5, 0.6) is 0 Å². The van der Waals surface area contributed by atoms with Crippen LogP contribution in [0.2, 0.25) is 5.02 Å². The van der Waals surface area contributed by atoms with Crippen molar-refractivity contribution in [3.63, 3.8) is 0 Å². The van der Waals surface area contributed by atoms with Gasteiger partial charge in [-0.15, -0.1) is 0 Å². The maximum absolute atomic E-state index is 13.5. The van der Waals surface area contributed by atoms with Crippen LogP contribution in [0.25, 0.3) is 22.4 Å². The van der Waals surface area contributed by atoms with Gasteiger partial charge in [-0.2, -0.15) is 0 Å². The van der Waals surface area contributed by atoms with Gasteiger partial charge >= 0.3 is 0 Å². The van der Waals surface area contributed by atoms with Gasteiger partial charge in [0.25, 0.3) is 5.56 Å². The van der Waals surface area contributed by atoms with Crippen molar-refractivity contribution in [1.82, 2.24) is 14.5 Å². The van der Waals surface area contributed by atoms with Gasteiger partial charge < -0.3 is 15.3 Å². The molecular weight excluding hydrogens is 482 g/mol. The maximum atomic E-state index is 13.5. The molecule has 0 aliphatic heterocycles. The number of aromatic amines is 1. The monoisotopic (exact) mass is 502 g/mol. The van der Waals surface area contributed by atoms with Crippen molar-refractivity contribution in [3.8, 4) is 22.4 Å². The number of benzene rings is 3. The summed E-state index contributed by atoms with van der Waals surface area (Å²) in [6.45, 7) is 0. The molecule has 0 spiro atoms. The standard InChI is InChI=1S/C28H21ClF2N4O/c29-20-5-10-24(32)23(15-20)19-11-12-35(27(36)14-19)26(13-17-1-6-21(30)7-2-17)28-33-16-25(34-28)18-3-8-22(31)9-4-18/h1-12,14-16,26H,13,32H2,(H,33,34). The summed E-state index contributed by atoms with van der Waals surface area (Å²) in [7, 11) is 0. The lowest BCUT2D eigenvalue weighted by molar-refractivity contribution is 0.536. The van der Waals surface area contributed by atoms with Gasteiger partial charge in [-0.05, 0) is 71.8 Å². The number of nitrogen functional groups attached to an aromatic ring is 1. The van der Waals surface area contributed by atoms with Crippen LogP contribution in [-0.2, 0) is 6.42 Å². The van der Waals surface area contributed by atoms with Gasteiger partial charge in [0.2, 0.25) is 0 Å². The van der Waals surface area contributed by atoms with E-state index in [0.29, 0.717) is 39.8 Å². The molecule has 5 nitrogen and oxygen atoms in total. The zero-order valence-electron chi connectivity index (χ0n) is 19.0. The molecule has 0 saturated heterocycles. The number of rotatable bonds is 6. The van der Waals surface area contributed by atoms with Crippen LogP contribution in [0.15, 0.2) is 96.1 Å². The Bertz CT molecular complexity index is 1580. The quantitative estimate of drug-likeness (QED) is 0.269. The molecule has 0 amide bonds. The third-order valence-electron chi connectivity index (χ3n) is 6.01. The first-order valence-corrected chi connectivity index (χ1v) is 11.6. The SMILES string of the molecule is Nc1ccc(Cl)cc1-c1ccn(C(Cc2ccc(F)cc2)c2nc(-c3ccc(F)cc3)c[nH]2)c(=O)c1. The van der Waals surface area contributed by atoms with E-state index in [-0.39, 0.29) is 17.2 Å². The van der Waals surface area contributed by atoms with E-state index in [0.717, 1.165) is 11.1 Å². The Labute approximate surface area is 210 Å². The highest BCUT2D eigenvalue weighted by Gasteiger charge is 2.21.